The summed E-state index contributed by atoms with van der Waals surface area (Å²) in [5, 5.41) is 8.56. The monoisotopic (exact) mass is 226 g/mol. The van der Waals surface area contributed by atoms with Crippen molar-refractivity contribution >= 4 is 11.9 Å². The van der Waals surface area contributed by atoms with Crippen molar-refractivity contribution in [3.8, 4) is 0 Å². The Hall–Kier alpha value is -1.42. The van der Waals surface area contributed by atoms with Crippen molar-refractivity contribution in [2.24, 2.45) is 0 Å². The molecule has 0 heterocycles. The lowest BCUT2D eigenvalue weighted by Gasteiger charge is -2.04. The highest BCUT2D eigenvalue weighted by Gasteiger charge is 2.14. The van der Waals surface area contributed by atoms with Crippen LogP contribution in [0.15, 0.2) is 23.8 Å². The average Bonchev–Trinajstić information content (AvgIpc) is 2.25. The molecule has 0 atom stereocenters. The summed E-state index contributed by atoms with van der Waals surface area (Å²) in [6, 6.07) is 0. The first kappa shape index (κ1) is 14.6. The van der Waals surface area contributed by atoms with Gasteiger partial charge >= 0.3 is 11.9 Å². The minimum atomic E-state index is -0.685. The fourth-order valence-electron chi connectivity index (χ4n) is 1.01. The number of rotatable bonds is 6. The smallest absolute Gasteiger partial charge is 0.341 e. The minimum Gasteiger partial charge on any atom is -0.396 e. The zero-order valence-electron chi connectivity index (χ0n) is 9.78. The van der Waals surface area contributed by atoms with E-state index in [0.29, 0.717) is 24.0 Å². The van der Waals surface area contributed by atoms with Crippen LogP contribution in [0.5, 0.6) is 0 Å². The van der Waals surface area contributed by atoms with E-state index in [2.05, 4.69) is 11.3 Å². The van der Waals surface area contributed by atoms with E-state index in [-0.39, 0.29) is 6.61 Å². The van der Waals surface area contributed by atoms with Crippen molar-refractivity contribution in [2.45, 2.75) is 33.1 Å². The van der Waals surface area contributed by atoms with Crippen molar-refractivity contribution in [2.75, 3.05) is 6.61 Å². The van der Waals surface area contributed by atoms with Crippen LogP contribution in [-0.4, -0.2) is 23.7 Å². The van der Waals surface area contributed by atoms with Crippen molar-refractivity contribution in [1.29, 1.82) is 0 Å². The van der Waals surface area contributed by atoms with Gasteiger partial charge in [-0.15, -0.1) is 0 Å². The van der Waals surface area contributed by atoms with E-state index in [1.54, 1.807) is 0 Å². The topological polar surface area (TPSA) is 63.6 Å². The van der Waals surface area contributed by atoms with Crippen LogP contribution >= 0.6 is 0 Å². The molecule has 0 amide bonds. The molecular formula is C12H18O4. The van der Waals surface area contributed by atoms with Crippen molar-refractivity contribution in [1.82, 2.24) is 0 Å². The number of carbonyl (C=O) groups excluding carboxylic acids is 2. The summed E-state index contributed by atoms with van der Waals surface area (Å²) in [5.74, 6) is -1.36. The molecular weight excluding hydrogens is 208 g/mol. The lowest BCUT2D eigenvalue weighted by molar-refractivity contribution is -0.154. The van der Waals surface area contributed by atoms with Crippen LogP contribution in [0.4, 0.5) is 0 Å². The Morgan fingerprint density at radius 2 is 2.00 bits per heavy atom. The van der Waals surface area contributed by atoms with E-state index in [4.69, 9.17) is 5.11 Å². The van der Waals surface area contributed by atoms with Gasteiger partial charge in [-0.1, -0.05) is 26.0 Å². The highest BCUT2D eigenvalue weighted by atomic mass is 16.6. The predicted octanol–water partition coefficient (Wildman–Crippen LogP) is 1.74. The molecule has 0 aromatic carbocycles. The molecule has 0 aromatic heterocycles. The third-order valence-electron chi connectivity index (χ3n) is 1.93. The predicted molar refractivity (Wildman–Crippen MR) is 60.6 cm³/mol. The Bertz CT molecular complexity index is 302. The van der Waals surface area contributed by atoms with Crippen LogP contribution in [0.2, 0.25) is 0 Å². The van der Waals surface area contributed by atoms with Gasteiger partial charge in [0.25, 0.3) is 0 Å². The van der Waals surface area contributed by atoms with Crippen molar-refractivity contribution in [3.63, 3.8) is 0 Å². The van der Waals surface area contributed by atoms with Crippen LogP contribution in [0.3, 0.4) is 0 Å². The summed E-state index contributed by atoms with van der Waals surface area (Å²) < 4.78 is 4.60. The summed E-state index contributed by atoms with van der Waals surface area (Å²) in [4.78, 5) is 22.6. The van der Waals surface area contributed by atoms with Gasteiger partial charge in [0.05, 0.1) is 0 Å². The molecule has 0 spiro atoms. The maximum Gasteiger partial charge on any atom is 0.341 e. The van der Waals surface area contributed by atoms with Gasteiger partial charge in [0.2, 0.25) is 0 Å². The lowest BCUT2D eigenvalue weighted by Crippen LogP contribution is -2.14. The fourth-order valence-corrected chi connectivity index (χ4v) is 1.01. The van der Waals surface area contributed by atoms with Crippen LogP contribution in [-0.2, 0) is 14.3 Å². The third-order valence-corrected chi connectivity index (χ3v) is 1.93. The second kappa shape index (κ2) is 7.82. The number of ether oxygens (including phenoxy) is 1. The summed E-state index contributed by atoms with van der Waals surface area (Å²) in [5.41, 5.74) is 0.609. The van der Waals surface area contributed by atoms with Gasteiger partial charge in [-0.3, -0.25) is 0 Å². The Labute approximate surface area is 95.6 Å². The Morgan fingerprint density at radius 1 is 1.38 bits per heavy atom. The fraction of sp³-hybridized carbons (Fsp3) is 0.500. The van der Waals surface area contributed by atoms with Crippen LogP contribution < -0.4 is 0 Å². The van der Waals surface area contributed by atoms with E-state index in [0.717, 1.165) is 6.42 Å². The lowest BCUT2D eigenvalue weighted by atomic mass is 10.2. The molecule has 0 unspecified atom stereocenters. The normalized spacial score (nSPS) is 11.1. The summed E-state index contributed by atoms with van der Waals surface area (Å²) >= 11 is 0. The molecule has 0 aliphatic carbocycles. The first-order chi connectivity index (χ1) is 7.52. The average molecular weight is 226 g/mol. The molecule has 0 fully saturated rings. The molecule has 0 bridgehead atoms. The van der Waals surface area contributed by atoms with Gasteiger partial charge in [0.1, 0.15) is 0 Å². The summed E-state index contributed by atoms with van der Waals surface area (Å²) in [6.45, 7) is 6.94. The Balaban J connectivity index is 4.24. The van der Waals surface area contributed by atoms with Crippen LogP contribution in [0, 0.1) is 0 Å². The Morgan fingerprint density at radius 3 is 2.50 bits per heavy atom. The van der Waals surface area contributed by atoms with E-state index >= 15 is 0 Å². The van der Waals surface area contributed by atoms with Gasteiger partial charge in [-0.2, -0.15) is 0 Å². The second-order valence-corrected chi connectivity index (χ2v) is 3.43. The van der Waals surface area contributed by atoms with Crippen molar-refractivity contribution in [3.05, 3.63) is 23.8 Å². The summed E-state index contributed by atoms with van der Waals surface area (Å²) in [7, 11) is 0. The van der Waals surface area contributed by atoms with Crippen molar-refractivity contribution < 1.29 is 19.4 Å². The molecule has 0 aliphatic rings. The highest BCUT2D eigenvalue weighted by molar-refractivity contribution is 6.01. The number of aliphatic hydroxyl groups excluding tert-OH is 1. The van der Waals surface area contributed by atoms with Crippen LogP contribution in [0.1, 0.15) is 33.1 Å². The van der Waals surface area contributed by atoms with E-state index < -0.39 is 11.9 Å². The van der Waals surface area contributed by atoms with Gasteiger partial charge in [0.15, 0.2) is 0 Å². The van der Waals surface area contributed by atoms with Gasteiger partial charge < -0.3 is 9.84 Å². The molecule has 4 nitrogen and oxygen atoms in total. The number of esters is 2. The number of carbonyl (C=O) groups is 2. The third kappa shape index (κ3) is 5.46. The van der Waals surface area contributed by atoms with E-state index in [1.165, 1.54) is 13.0 Å². The van der Waals surface area contributed by atoms with Gasteiger partial charge in [-0.25, -0.2) is 9.59 Å². The maximum atomic E-state index is 11.3. The van der Waals surface area contributed by atoms with Gasteiger partial charge in [0, 0.05) is 17.8 Å². The standard InChI is InChI=1S/C12H18O4/c1-4-6-9(2)11(14)16-12(15)10(3)7-5-8-13/h7,13H,2,4-6,8H2,1,3H3. The number of hydrogen-bond donors (Lipinski definition) is 1. The van der Waals surface area contributed by atoms with E-state index in [9.17, 15) is 9.59 Å². The second-order valence-electron chi connectivity index (χ2n) is 3.43. The highest BCUT2D eigenvalue weighted by Crippen LogP contribution is 2.06. The molecule has 0 radical (unpaired) electrons. The SMILES string of the molecule is C=C(CCC)C(=O)OC(=O)C(C)=CCCO. The summed E-state index contributed by atoms with van der Waals surface area (Å²) in [6.07, 6.45) is 3.19. The molecule has 0 aromatic rings. The molecule has 1 N–H and O–H groups in total. The molecule has 4 heteroatoms. The zero-order valence-corrected chi connectivity index (χ0v) is 9.78. The zero-order chi connectivity index (χ0) is 12.6. The molecule has 0 saturated heterocycles. The Kier molecular flexibility index (Phi) is 7.12. The quantitative estimate of drug-likeness (QED) is 0.425. The van der Waals surface area contributed by atoms with Gasteiger partial charge in [-0.05, 0) is 19.8 Å². The largest absolute Gasteiger partial charge is 0.396 e. The van der Waals surface area contributed by atoms with E-state index in [1.807, 2.05) is 6.92 Å². The van der Waals surface area contributed by atoms with Crippen LogP contribution in [0.25, 0.3) is 0 Å². The molecule has 0 saturated carbocycles. The number of hydrogen-bond acceptors (Lipinski definition) is 4. The number of aliphatic hydroxyl groups is 1. The molecule has 16 heavy (non-hydrogen) atoms. The first-order valence-electron chi connectivity index (χ1n) is 5.24. The minimum absolute atomic E-state index is 0.0406. The maximum absolute atomic E-state index is 11.3. The first-order valence-corrected chi connectivity index (χ1v) is 5.24. The molecule has 90 valence electrons. The molecule has 0 aliphatic heterocycles. The molecule has 0 rings (SSSR count).